The van der Waals surface area contributed by atoms with E-state index in [0.717, 1.165) is 32.4 Å². The van der Waals surface area contributed by atoms with Crippen LogP contribution in [0.1, 0.15) is 39.2 Å². The van der Waals surface area contributed by atoms with Crippen molar-refractivity contribution in [2.24, 2.45) is 5.41 Å². The van der Waals surface area contributed by atoms with Gasteiger partial charge >= 0.3 is 0 Å². The molecular formula is C17H28N2O. The van der Waals surface area contributed by atoms with E-state index in [1.807, 2.05) is 19.9 Å². The summed E-state index contributed by atoms with van der Waals surface area (Å²) in [7, 11) is 0. The van der Waals surface area contributed by atoms with Crippen molar-refractivity contribution >= 4 is 5.91 Å². The fraction of sp³-hybridized carbons (Fsp3) is 0.588. The number of amides is 1. The molecule has 0 aromatic heterocycles. The first-order valence-electron chi connectivity index (χ1n) is 7.59. The standard InChI is InChI=1S/C17H28N2O/c1-4-18-13-14-19-16(20)17(2,3)12-8-11-15-9-6-5-7-10-15/h5-7,9-10,18H,4,8,11-14H2,1-3H3,(H,19,20). The van der Waals surface area contributed by atoms with Crippen LogP contribution in [0.2, 0.25) is 0 Å². The zero-order valence-corrected chi connectivity index (χ0v) is 13.0. The molecule has 0 radical (unpaired) electrons. The van der Waals surface area contributed by atoms with Gasteiger partial charge in [-0.25, -0.2) is 0 Å². The van der Waals surface area contributed by atoms with E-state index in [2.05, 4.69) is 41.8 Å². The molecule has 0 unspecified atom stereocenters. The molecule has 20 heavy (non-hydrogen) atoms. The third-order valence-corrected chi connectivity index (χ3v) is 3.56. The summed E-state index contributed by atoms with van der Waals surface area (Å²) in [5, 5.41) is 6.21. The van der Waals surface area contributed by atoms with Crippen LogP contribution in [0, 0.1) is 5.41 Å². The Morgan fingerprint density at radius 1 is 1.15 bits per heavy atom. The van der Waals surface area contributed by atoms with E-state index in [4.69, 9.17) is 0 Å². The number of rotatable bonds is 9. The third-order valence-electron chi connectivity index (χ3n) is 3.56. The van der Waals surface area contributed by atoms with Crippen LogP contribution in [0.5, 0.6) is 0 Å². The minimum atomic E-state index is -0.291. The highest BCUT2D eigenvalue weighted by atomic mass is 16.2. The van der Waals surface area contributed by atoms with Gasteiger partial charge in [0.2, 0.25) is 5.91 Å². The molecule has 0 saturated carbocycles. The van der Waals surface area contributed by atoms with Crippen LogP contribution in [0.15, 0.2) is 30.3 Å². The lowest BCUT2D eigenvalue weighted by molar-refractivity contribution is -0.129. The summed E-state index contributed by atoms with van der Waals surface area (Å²) >= 11 is 0. The van der Waals surface area contributed by atoms with Gasteiger partial charge in [-0.3, -0.25) is 4.79 Å². The largest absolute Gasteiger partial charge is 0.354 e. The molecule has 0 aliphatic rings. The van der Waals surface area contributed by atoms with Crippen molar-refractivity contribution < 1.29 is 4.79 Å². The van der Waals surface area contributed by atoms with E-state index in [1.165, 1.54) is 5.56 Å². The zero-order chi connectivity index (χ0) is 14.8. The van der Waals surface area contributed by atoms with Crippen molar-refractivity contribution in [2.45, 2.75) is 40.0 Å². The first kappa shape index (κ1) is 16.7. The van der Waals surface area contributed by atoms with Gasteiger partial charge in [-0.05, 0) is 31.4 Å². The summed E-state index contributed by atoms with van der Waals surface area (Å²) < 4.78 is 0. The second-order valence-corrected chi connectivity index (χ2v) is 5.83. The Balaban J connectivity index is 2.27. The van der Waals surface area contributed by atoms with Crippen molar-refractivity contribution in [3.05, 3.63) is 35.9 Å². The van der Waals surface area contributed by atoms with Gasteiger partial charge in [0.15, 0.2) is 0 Å². The van der Waals surface area contributed by atoms with E-state index >= 15 is 0 Å². The van der Waals surface area contributed by atoms with E-state index in [9.17, 15) is 4.79 Å². The highest BCUT2D eigenvalue weighted by Crippen LogP contribution is 2.23. The first-order chi connectivity index (χ1) is 9.56. The quantitative estimate of drug-likeness (QED) is 0.681. The third kappa shape index (κ3) is 6.20. The van der Waals surface area contributed by atoms with Crippen molar-refractivity contribution in [2.75, 3.05) is 19.6 Å². The van der Waals surface area contributed by atoms with Gasteiger partial charge < -0.3 is 10.6 Å². The summed E-state index contributed by atoms with van der Waals surface area (Å²) in [6.45, 7) is 8.60. The maximum absolute atomic E-state index is 12.1. The highest BCUT2D eigenvalue weighted by molar-refractivity contribution is 5.81. The number of likely N-dealkylation sites (N-methyl/N-ethyl adjacent to an activating group) is 1. The predicted molar refractivity (Wildman–Crippen MR) is 84.7 cm³/mol. The molecule has 3 nitrogen and oxygen atoms in total. The topological polar surface area (TPSA) is 41.1 Å². The Morgan fingerprint density at radius 3 is 2.50 bits per heavy atom. The number of aryl methyl sites for hydroxylation is 1. The Labute approximate surface area is 123 Å². The van der Waals surface area contributed by atoms with Crippen molar-refractivity contribution in [1.82, 2.24) is 10.6 Å². The number of carbonyl (C=O) groups excluding carboxylic acids is 1. The van der Waals surface area contributed by atoms with E-state index < -0.39 is 0 Å². The second-order valence-electron chi connectivity index (χ2n) is 5.83. The predicted octanol–water partition coefficient (Wildman–Crippen LogP) is 2.76. The molecule has 0 saturated heterocycles. The van der Waals surface area contributed by atoms with E-state index in [-0.39, 0.29) is 11.3 Å². The first-order valence-corrected chi connectivity index (χ1v) is 7.59. The van der Waals surface area contributed by atoms with Gasteiger partial charge in [0.1, 0.15) is 0 Å². The van der Waals surface area contributed by atoms with Crippen LogP contribution in [-0.2, 0) is 11.2 Å². The van der Waals surface area contributed by atoms with Crippen LogP contribution in [0.4, 0.5) is 0 Å². The summed E-state index contributed by atoms with van der Waals surface area (Å²) in [4.78, 5) is 12.1. The molecule has 0 aliphatic heterocycles. The Kier molecular flexibility index (Phi) is 7.31. The lowest BCUT2D eigenvalue weighted by Gasteiger charge is -2.23. The van der Waals surface area contributed by atoms with Gasteiger partial charge in [-0.2, -0.15) is 0 Å². The second kappa shape index (κ2) is 8.75. The number of hydrogen-bond donors (Lipinski definition) is 2. The average molecular weight is 276 g/mol. The Bertz CT molecular complexity index is 387. The number of carbonyl (C=O) groups is 1. The average Bonchev–Trinajstić information content (AvgIpc) is 2.44. The summed E-state index contributed by atoms with van der Waals surface area (Å²) in [5.41, 5.74) is 1.05. The Morgan fingerprint density at radius 2 is 1.85 bits per heavy atom. The van der Waals surface area contributed by atoms with Crippen molar-refractivity contribution in [1.29, 1.82) is 0 Å². The fourth-order valence-electron chi connectivity index (χ4n) is 2.17. The summed E-state index contributed by atoms with van der Waals surface area (Å²) in [6, 6.07) is 10.4. The normalized spacial score (nSPS) is 11.3. The van der Waals surface area contributed by atoms with Crippen LogP contribution < -0.4 is 10.6 Å². The molecule has 0 bridgehead atoms. The molecule has 0 atom stereocenters. The van der Waals surface area contributed by atoms with Gasteiger partial charge in [-0.1, -0.05) is 51.1 Å². The molecule has 0 fully saturated rings. The molecule has 3 heteroatoms. The van der Waals surface area contributed by atoms with Crippen LogP contribution in [0.25, 0.3) is 0 Å². The summed E-state index contributed by atoms with van der Waals surface area (Å²) in [5.74, 6) is 0.156. The minimum absolute atomic E-state index is 0.156. The van der Waals surface area contributed by atoms with Crippen LogP contribution >= 0.6 is 0 Å². The van der Waals surface area contributed by atoms with Crippen molar-refractivity contribution in [3.8, 4) is 0 Å². The smallest absolute Gasteiger partial charge is 0.225 e. The van der Waals surface area contributed by atoms with Crippen LogP contribution in [-0.4, -0.2) is 25.5 Å². The van der Waals surface area contributed by atoms with Gasteiger partial charge in [0.05, 0.1) is 0 Å². The van der Waals surface area contributed by atoms with Gasteiger partial charge in [0.25, 0.3) is 0 Å². The number of hydrogen-bond acceptors (Lipinski definition) is 2. The summed E-state index contributed by atoms with van der Waals surface area (Å²) in [6.07, 6.45) is 2.99. The molecule has 2 N–H and O–H groups in total. The molecule has 1 amide bonds. The van der Waals surface area contributed by atoms with E-state index in [1.54, 1.807) is 0 Å². The monoisotopic (exact) mass is 276 g/mol. The van der Waals surface area contributed by atoms with Crippen molar-refractivity contribution in [3.63, 3.8) is 0 Å². The van der Waals surface area contributed by atoms with E-state index in [0.29, 0.717) is 6.54 Å². The molecule has 1 rings (SSSR count). The highest BCUT2D eigenvalue weighted by Gasteiger charge is 2.26. The zero-order valence-electron chi connectivity index (χ0n) is 13.0. The fourth-order valence-corrected chi connectivity index (χ4v) is 2.17. The Hall–Kier alpha value is -1.35. The molecule has 112 valence electrons. The van der Waals surface area contributed by atoms with Crippen LogP contribution in [0.3, 0.4) is 0 Å². The molecular weight excluding hydrogens is 248 g/mol. The molecule has 0 aliphatic carbocycles. The molecule has 0 heterocycles. The maximum atomic E-state index is 12.1. The maximum Gasteiger partial charge on any atom is 0.225 e. The molecule has 1 aromatic rings. The number of nitrogens with one attached hydrogen (secondary N) is 2. The van der Waals surface area contributed by atoms with Gasteiger partial charge in [-0.15, -0.1) is 0 Å². The SMILES string of the molecule is CCNCCNC(=O)C(C)(C)CCCc1ccccc1. The lowest BCUT2D eigenvalue weighted by Crippen LogP contribution is -2.40. The molecule has 1 aromatic carbocycles. The molecule has 0 spiro atoms. The minimum Gasteiger partial charge on any atom is -0.354 e. The number of benzene rings is 1. The lowest BCUT2D eigenvalue weighted by atomic mass is 9.85. The van der Waals surface area contributed by atoms with Gasteiger partial charge in [0, 0.05) is 18.5 Å².